The first kappa shape index (κ1) is 14.3. The monoisotopic (exact) mass is 293 g/mol. The van der Waals surface area contributed by atoms with Crippen molar-refractivity contribution in [3.05, 3.63) is 23.0 Å². The van der Waals surface area contributed by atoms with E-state index in [1.807, 2.05) is 13.8 Å². The van der Waals surface area contributed by atoms with Gasteiger partial charge in [0.1, 0.15) is 4.88 Å². The molecule has 0 atom stereocenters. The van der Waals surface area contributed by atoms with Crippen molar-refractivity contribution in [2.45, 2.75) is 26.7 Å². The smallest absolute Gasteiger partial charge is 0.316 e. The number of hydrogen-bond acceptors (Lipinski definition) is 7. The average molecular weight is 293 g/mol. The molecule has 0 fully saturated rings. The van der Waals surface area contributed by atoms with E-state index in [0.717, 1.165) is 30.1 Å². The second-order valence-electron chi connectivity index (χ2n) is 3.94. The van der Waals surface area contributed by atoms with E-state index in [9.17, 15) is 4.79 Å². The van der Waals surface area contributed by atoms with Gasteiger partial charge >= 0.3 is 6.01 Å². The van der Waals surface area contributed by atoms with Crippen molar-refractivity contribution < 1.29 is 9.53 Å². The van der Waals surface area contributed by atoms with Crippen LogP contribution >= 0.6 is 11.5 Å². The molecule has 0 aromatic carbocycles. The summed E-state index contributed by atoms with van der Waals surface area (Å²) in [5, 5.41) is 6.69. The minimum Gasteiger partial charge on any atom is -0.464 e. The fourth-order valence-corrected chi connectivity index (χ4v) is 2.16. The molecule has 2 heterocycles. The van der Waals surface area contributed by atoms with Gasteiger partial charge < -0.3 is 10.1 Å². The van der Waals surface area contributed by atoms with E-state index >= 15 is 0 Å². The molecule has 2 rings (SSSR count). The van der Waals surface area contributed by atoms with Gasteiger partial charge in [-0.3, -0.25) is 4.79 Å². The Morgan fingerprint density at radius 2 is 2.10 bits per heavy atom. The fourth-order valence-electron chi connectivity index (χ4n) is 1.55. The molecule has 0 bridgehead atoms. The van der Waals surface area contributed by atoms with Gasteiger partial charge in [-0.1, -0.05) is 17.8 Å². The van der Waals surface area contributed by atoms with Crippen LogP contribution in [0, 0.1) is 0 Å². The molecule has 0 aliphatic heterocycles. The maximum Gasteiger partial charge on any atom is 0.316 e. The first-order valence-corrected chi connectivity index (χ1v) is 7.09. The second kappa shape index (κ2) is 6.90. The number of anilines is 1. The summed E-state index contributed by atoms with van der Waals surface area (Å²) in [7, 11) is 0. The maximum absolute atomic E-state index is 12.1. The van der Waals surface area contributed by atoms with Crippen molar-refractivity contribution in [1.82, 2.24) is 19.6 Å². The van der Waals surface area contributed by atoms with Crippen LogP contribution in [0.4, 0.5) is 5.69 Å². The summed E-state index contributed by atoms with van der Waals surface area (Å²) in [4.78, 5) is 20.6. The zero-order chi connectivity index (χ0) is 14.4. The van der Waals surface area contributed by atoms with Gasteiger partial charge in [-0.15, -0.1) is 5.10 Å². The van der Waals surface area contributed by atoms with Gasteiger partial charge in [0, 0.05) is 0 Å². The maximum atomic E-state index is 12.1. The van der Waals surface area contributed by atoms with Crippen LogP contribution in [-0.4, -0.2) is 32.1 Å². The first-order chi connectivity index (χ1) is 9.74. The van der Waals surface area contributed by atoms with Crippen LogP contribution in [0.1, 0.15) is 35.6 Å². The Kier molecular flexibility index (Phi) is 4.94. The number of carbonyl (C=O) groups excluding carboxylic acids is 1. The molecule has 8 heteroatoms. The molecule has 20 heavy (non-hydrogen) atoms. The molecule has 0 saturated heterocycles. The molecule has 1 amide bonds. The molecule has 0 radical (unpaired) electrons. The minimum atomic E-state index is -0.240. The van der Waals surface area contributed by atoms with Crippen molar-refractivity contribution in [2.75, 3.05) is 11.9 Å². The molecule has 7 nitrogen and oxygen atoms in total. The molecule has 2 aromatic rings. The zero-order valence-corrected chi connectivity index (χ0v) is 12.1. The summed E-state index contributed by atoms with van der Waals surface area (Å²) >= 11 is 1.09. The highest BCUT2D eigenvalue weighted by Gasteiger charge is 2.16. The molecule has 0 unspecified atom stereocenters. The number of nitrogens with one attached hydrogen (secondary N) is 1. The van der Waals surface area contributed by atoms with Crippen LogP contribution in [0.3, 0.4) is 0 Å². The van der Waals surface area contributed by atoms with E-state index in [0.29, 0.717) is 17.2 Å². The van der Waals surface area contributed by atoms with Gasteiger partial charge in [0.15, 0.2) is 0 Å². The third-order valence-corrected chi connectivity index (χ3v) is 3.18. The van der Waals surface area contributed by atoms with Gasteiger partial charge in [-0.05, 0) is 24.9 Å². The highest BCUT2D eigenvalue weighted by molar-refractivity contribution is 7.08. The van der Waals surface area contributed by atoms with Crippen LogP contribution in [0.2, 0.25) is 0 Å². The van der Waals surface area contributed by atoms with E-state index < -0.39 is 0 Å². The third kappa shape index (κ3) is 3.47. The van der Waals surface area contributed by atoms with E-state index in [1.165, 1.54) is 12.4 Å². The lowest BCUT2D eigenvalue weighted by Gasteiger charge is -2.04. The zero-order valence-electron chi connectivity index (χ0n) is 11.3. The topological polar surface area (TPSA) is 89.9 Å². The SMILES string of the molecule is CCCc1nnsc1C(=O)Nc1cnc(OCC)nc1. The molecule has 106 valence electrons. The normalized spacial score (nSPS) is 10.3. The summed E-state index contributed by atoms with van der Waals surface area (Å²) in [5.74, 6) is -0.240. The summed E-state index contributed by atoms with van der Waals surface area (Å²) in [6.07, 6.45) is 4.66. The molecule has 1 N–H and O–H groups in total. The molecule has 2 aromatic heterocycles. The van der Waals surface area contributed by atoms with E-state index in [2.05, 4.69) is 24.9 Å². The number of amides is 1. The number of rotatable bonds is 6. The van der Waals surface area contributed by atoms with Crippen molar-refractivity contribution in [3.8, 4) is 6.01 Å². The van der Waals surface area contributed by atoms with Gasteiger partial charge in [-0.25, -0.2) is 9.97 Å². The first-order valence-electron chi connectivity index (χ1n) is 6.32. The Labute approximate surface area is 120 Å². The second-order valence-corrected chi connectivity index (χ2v) is 4.69. The van der Waals surface area contributed by atoms with Crippen LogP contribution in [0.25, 0.3) is 0 Å². The lowest BCUT2D eigenvalue weighted by atomic mass is 10.2. The number of aryl methyl sites for hydroxylation is 1. The van der Waals surface area contributed by atoms with Gasteiger partial charge in [0.2, 0.25) is 0 Å². The fraction of sp³-hybridized carbons (Fsp3) is 0.417. The predicted octanol–water partition coefficient (Wildman–Crippen LogP) is 1.93. The summed E-state index contributed by atoms with van der Waals surface area (Å²) in [6, 6.07) is 0.289. The largest absolute Gasteiger partial charge is 0.464 e. The lowest BCUT2D eigenvalue weighted by Crippen LogP contribution is -2.13. The standard InChI is InChI=1S/C12H15N5O2S/c1-3-5-9-10(20-17-16-9)11(18)15-8-6-13-12(14-7-8)19-4-2/h6-7H,3-5H2,1-2H3,(H,15,18). The lowest BCUT2D eigenvalue weighted by molar-refractivity contribution is 0.102. The van der Waals surface area contributed by atoms with E-state index in [-0.39, 0.29) is 11.9 Å². The Balaban J connectivity index is 2.05. The Morgan fingerprint density at radius 3 is 2.75 bits per heavy atom. The van der Waals surface area contributed by atoms with Crippen LogP contribution in [-0.2, 0) is 6.42 Å². The van der Waals surface area contributed by atoms with E-state index in [1.54, 1.807) is 0 Å². The average Bonchev–Trinajstić information content (AvgIpc) is 2.90. The third-order valence-electron chi connectivity index (χ3n) is 2.41. The van der Waals surface area contributed by atoms with E-state index in [4.69, 9.17) is 4.74 Å². The quantitative estimate of drug-likeness (QED) is 0.875. The Morgan fingerprint density at radius 1 is 1.35 bits per heavy atom. The minimum absolute atomic E-state index is 0.240. The van der Waals surface area contributed by atoms with Gasteiger partial charge in [-0.2, -0.15) is 0 Å². The number of carbonyl (C=O) groups is 1. The van der Waals surface area contributed by atoms with Crippen molar-refractivity contribution in [2.24, 2.45) is 0 Å². The van der Waals surface area contributed by atoms with Crippen LogP contribution in [0.5, 0.6) is 6.01 Å². The van der Waals surface area contributed by atoms with Crippen molar-refractivity contribution in [3.63, 3.8) is 0 Å². The molecular weight excluding hydrogens is 278 g/mol. The van der Waals surface area contributed by atoms with Crippen molar-refractivity contribution >= 4 is 23.1 Å². The highest BCUT2D eigenvalue weighted by atomic mass is 32.1. The van der Waals surface area contributed by atoms with Crippen molar-refractivity contribution in [1.29, 1.82) is 0 Å². The summed E-state index contributed by atoms with van der Waals surface area (Å²) < 4.78 is 8.96. The van der Waals surface area contributed by atoms with Crippen LogP contribution < -0.4 is 10.1 Å². The molecule has 0 aliphatic rings. The van der Waals surface area contributed by atoms with Crippen LogP contribution in [0.15, 0.2) is 12.4 Å². The highest BCUT2D eigenvalue weighted by Crippen LogP contribution is 2.15. The molecular formula is C12H15N5O2S. The Bertz CT molecular complexity index is 569. The van der Waals surface area contributed by atoms with Gasteiger partial charge in [0.05, 0.1) is 30.4 Å². The molecule has 0 saturated carbocycles. The number of nitrogens with zero attached hydrogens (tertiary/aromatic N) is 4. The summed E-state index contributed by atoms with van der Waals surface area (Å²) in [5.41, 5.74) is 1.23. The summed E-state index contributed by atoms with van der Waals surface area (Å²) in [6.45, 7) is 4.38. The number of aromatic nitrogens is 4. The molecule has 0 aliphatic carbocycles. The number of hydrogen-bond donors (Lipinski definition) is 1. The Hall–Kier alpha value is -2.09. The van der Waals surface area contributed by atoms with Gasteiger partial charge in [0.25, 0.3) is 5.91 Å². The molecule has 0 spiro atoms. The number of ether oxygens (including phenoxy) is 1. The predicted molar refractivity (Wildman–Crippen MR) is 75.1 cm³/mol.